The molecule has 4 rings (SSSR count). The SMILES string of the molecule is CCn1ccc2cc(NC(=O)CCn3[nH]c(=O)c4ccccc4c3=O)ccc21. The molecule has 28 heavy (non-hydrogen) atoms. The summed E-state index contributed by atoms with van der Waals surface area (Å²) in [5.41, 5.74) is 1.15. The summed E-state index contributed by atoms with van der Waals surface area (Å²) in [5.74, 6) is -0.227. The Kier molecular flexibility index (Phi) is 4.57. The van der Waals surface area contributed by atoms with Crippen LogP contribution in [0, 0.1) is 0 Å². The zero-order valence-electron chi connectivity index (χ0n) is 15.4. The molecule has 0 spiro atoms. The summed E-state index contributed by atoms with van der Waals surface area (Å²) in [6.07, 6.45) is 2.08. The third-order valence-electron chi connectivity index (χ3n) is 4.84. The van der Waals surface area contributed by atoms with E-state index in [4.69, 9.17) is 0 Å². The Labute approximate surface area is 160 Å². The fourth-order valence-electron chi connectivity index (χ4n) is 3.39. The van der Waals surface area contributed by atoms with E-state index >= 15 is 0 Å². The molecule has 2 aromatic heterocycles. The average molecular weight is 376 g/mol. The van der Waals surface area contributed by atoms with Gasteiger partial charge in [-0.3, -0.25) is 19.5 Å². The number of hydrogen-bond donors (Lipinski definition) is 2. The van der Waals surface area contributed by atoms with Crippen molar-refractivity contribution in [3.05, 3.63) is 75.4 Å². The van der Waals surface area contributed by atoms with Crippen LogP contribution in [-0.2, 0) is 17.9 Å². The van der Waals surface area contributed by atoms with Gasteiger partial charge < -0.3 is 9.88 Å². The number of benzene rings is 2. The summed E-state index contributed by atoms with van der Waals surface area (Å²) >= 11 is 0. The summed E-state index contributed by atoms with van der Waals surface area (Å²) < 4.78 is 3.32. The molecule has 0 fully saturated rings. The van der Waals surface area contributed by atoms with Crippen LogP contribution in [0.2, 0.25) is 0 Å². The molecule has 0 bridgehead atoms. The topological polar surface area (TPSA) is 88.9 Å². The molecule has 0 aliphatic rings. The molecule has 7 heteroatoms. The van der Waals surface area contributed by atoms with Gasteiger partial charge in [0.05, 0.1) is 17.3 Å². The van der Waals surface area contributed by atoms with Gasteiger partial charge in [-0.1, -0.05) is 12.1 Å². The van der Waals surface area contributed by atoms with Crippen molar-refractivity contribution in [1.29, 1.82) is 0 Å². The molecule has 7 nitrogen and oxygen atoms in total. The number of nitrogens with zero attached hydrogens (tertiary/aromatic N) is 2. The Balaban J connectivity index is 1.49. The highest BCUT2D eigenvalue weighted by Crippen LogP contribution is 2.20. The van der Waals surface area contributed by atoms with Gasteiger partial charge in [0.2, 0.25) is 5.91 Å². The van der Waals surface area contributed by atoms with Crippen molar-refractivity contribution < 1.29 is 4.79 Å². The van der Waals surface area contributed by atoms with Crippen LogP contribution in [0.4, 0.5) is 5.69 Å². The van der Waals surface area contributed by atoms with Gasteiger partial charge in [0, 0.05) is 35.8 Å². The lowest BCUT2D eigenvalue weighted by molar-refractivity contribution is -0.116. The fourth-order valence-corrected chi connectivity index (χ4v) is 3.39. The number of aromatic amines is 1. The van der Waals surface area contributed by atoms with Gasteiger partial charge in [-0.05, 0) is 43.3 Å². The Hall–Kier alpha value is -3.61. The molecule has 0 saturated carbocycles. The summed E-state index contributed by atoms with van der Waals surface area (Å²) in [4.78, 5) is 36.9. The monoisotopic (exact) mass is 376 g/mol. The Morgan fingerprint density at radius 1 is 1.07 bits per heavy atom. The largest absolute Gasteiger partial charge is 0.348 e. The Morgan fingerprint density at radius 3 is 2.64 bits per heavy atom. The second-order valence-electron chi connectivity index (χ2n) is 6.62. The van der Waals surface area contributed by atoms with Gasteiger partial charge in [0.25, 0.3) is 11.1 Å². The van der Waals surface area contributed by atoms with E-state index < -0.39 is 0 Å². The second-order valence-corrected chi connectivity index (χ2v) is 6.62. The molecule has 0 saturated heterocycles. The van der Waals surface area contributed by atoms with Crippen molar-refractivity contribution in [2.24, 2.45) is 0 Å². The summed E-state index contributed by atoms with van der Waals surface area (Å²) in [6.45, 7) is 3.06. The quantitative estimate of drug-likeness (QED) is 0.561. The lowest BCUT2D eigenvalue weighted by Gasteiger charge is -2.09. The van der Waals surface area contributed by atoms with Crippen LogP contribution < -0.4 is 16.4 Å². The number of amides is 1. The molecule has 0 unspecified atom stereocenters. The number of H-pyrrole nitrogens is 1. The minimum atomic E-state index is -0.346. The normalized spacial score (nSPS) is 11.2. The maximum atomic E-state index is 12.5. The molecule has 2 aromatic carbocycles. The number of anilines is 1. The van der Waals surface area contributed by atoms with Gasteiger partial charge in [0.15, 0.2) is 0 Å². The number of nitrogens with one attached hydrogen (secondary N) is 2. The minimum absolute atomic E-state index is 0.0716. The van der Waals surface area contributed by atoms with E-state index in [0.29, 0.717) is 16.5 Å². The Morgan fingerprint density at radius 2 is 1.86 bits per heavy atom. The minimum Gasteiger partial charge on any atom is -0.348 e. The van der Waals surface area contributed by atoms with Crippen molar-refractivity contribution in [3.8, 4) is 0 Å². The molecule has 2 heterocycles. The van der Waals surface area contributed by atoms with Crippen LogP contribution in [0.5, 0.6) is 0 Å². The van der Waals surface area contributed by atoms with Crippen LogP contribution >= 0.6 is 0 Å². The van der Waals surface area contributed by atoms with E-state index in [1.165, 1.54) is 4.68 Å². The number of carbonyl (C=O) groups excluding carboxylic acids is 1. The van der Waals surface area contributed by atoms with E-state index in [1.54, 1.807) is 24.3 Å². The highest BCUT2D eigenvalue weighted by molar-refractivity contribution is 5.93. The molecular formula is C21H20N4O3. The van der Waals surface area contributed by atoms with Crippen molar-refractivity contribution in [3.63, 3.8) is 0 Å². The van der Waals surface area contributed by atoms with E-state index in [9.17, 15) is 14.4 Å². The van der Waals surface area contributed by atoms with Crippen LogP contribution in [0.25, 0.3) is 21.7 Å². The number of hydrogen-bond acceptors (Lipinski definition) is 3. The first kappa shape index (κ1) is 17.8. The lowest BCUT2D eigenvalue weighted by Crippen LogP contribution is -2.31. The molecule has 4 aromatic rings. The zero-order chi connectivity index (χ0) is 19.7. The first-order valence-corrected chi connectivity index (χ1v) is 9.17. The third-order valence-corrected chi connectivity index (χ3v) is 4.84. The average Bonchev–Trinajstić information content (AvgIpc) is 3.12. The highest BCUT2D eigenvalue weighted by atomic mass is 16.2. The maximum Gasteiger partial charge on any atom is 0.273 e. The summed E-state index contributed by atoms with van der Waals surface area (Å²) in [5, 5.41) is 7.13. The number of fused-ring (bicyclic) bond motifs is 2. The highest BCUT2D eigenvalue weighted by Gasteiger charge is 2.09. The van der Waals surface area contributed by atoms with Crippen molar-refractivity contribution >= 4 is 33.3 Å². The Bertz CT molecular complexity index is 1300. The van der Waals surface area contributed by atoms with E-state index in [2.05, 4.69) is 21.9 Å². The number of aromatic nitrogens is 3. The van der Waals surface area contributed by atoms with E-state index in [-0.39, 0.29) is 30.0 Å². The van der Waals surface area contributed by atoms with Gasteiger partial charge in [-0.25, -0.2) is 4.68 Å². The number of carbonyl (C=O) groups is 1. The predicted octanol–water partition coefficient (Wildman–Crippen LogP) is 2.69. The molecule has 0 aliphatic carbocycles. The number of rotatable bonds is 5. The smallest absolute Gasteiger partial charge is 0.273 e. The van der Waals surface area contributed by atoms with Gasteiger partial charge in [-0.2, -0.15) is 0 Å². The van der Waals surface area contributed by atoms with Crippen LogP contribution in [0.3, 0.4) is 0 Å². The molecular weight excluding hydrogens is 356 g/mol. The molecule has 1 amide bonds. The first-order valence-electron chi connectivity index (χ1n) is 9.17. The van der Waals surface area contributed by atoms with Crippen LogP contribution in [-0.4, -0.2) is 20.3 Å². The van der Waals surface area contributed by atoms with E-state index in [1.807, 2.05) is 30.5 Å². The lowest BCUT2D eigenvalue weighted by atomic mass is 10.2. The van der Waals surface area contributed by atoms with E-state index in [0.717, 1.165) is 17.4 Å². The molecule has 0 atom stereocenters. The van der Waals surface area contributed by atoms with Crippen molar-refractivity contribution in [1.82, 2.24) is 14.3 Å². The second kappa shape index (κ2) is 7.19. The standard InChI is InChI=1S/C21H20N4O3/c1-2-24-11-9-14-13-15(7-8-18(14)24)22-19(26)10-12-25-21(28)17-6-4-3-5-16(17)20(27)23-25/h3-9,11,13H,2,10,12H2,1H3,(H,22,26)(H,23,27). The van der Waals surface area contributed by atoms with Gasteiger partial charge in [0.1, 0.15) is 0 Å². The first-order chi connectivity index (χ1) is 13.6. The van der Waals surface area contributed by atoms with Crippen LogP contribution in [0.15, 0.2) is 64.3 Å². The zero-order valence-corrected chi connectivity index (χ0v) is 15.4. The van der Waals surface area contributed by atoms with Crippen LogP contribution in [0.1, 0.15) is 13.3 Å². The summed E-state index contributed by atoms with van der Waals surface area (Å²) in [6, 6.07) is 14.4. The van der Waals surface area contributed by atoms with Crippen molar-refractivity contribution in [2.75, 3.05) is 5.32 Å². The molecule has 142 valence electrons. The summed E-state index contributed by atoms with van der Waals surface area (Å²) in [7, 11) is 0. The molecule has 0 aliphatic heterocycles. The van der Waals surface area contributed by atoms with Crippen molar-refractivity contribution in [2.45, 2.75) is 26.4 Å². The maximum absolute atomic E-state index is 12.5. The molecule has 0 radical (unpaired) electrons. The van der Waals surface area contributed by atoms with Gasteiger partial charge in [-0.15, -0.1) is 0 Å². The van der Waals surface area contributed by atoms with Gasteiger partial charge >= 0.3 is 0 Å². The fraction of sp³-hybridized carbons (Fsp3) is 0.190. The third kappa shape index (κ3) is 3.22. The molecule has 2 N–H and O–H groups in total. The predicted molar refractivity (Wildman–Crippen MR) is 110 cm³/mol. The number of aryl methyl sites for hydroxylation is 2.